The fourth-order valence-corrected chi connectivity index (χ4v) is 2.81. The molecule has 1 atom stereocenters. The quantitative estimate of drug-likeness (QED) is 0.674. The number of carbonyl (C=O) groups excluding carboxylic acids is 1. The largest absolute Gasteiger partial charge is 0.497 e. The summed E-state index contributed by atoms with van der Waals surface area (Å²) in [6.07, 6.45) is -1.22. The maximum atomic E-state index is 12.8. The normalized spacial score (nSPS) is 11.5. The molecule has 1 N–H and O–H groups in total. The van der Waals surface area contributed by atoms with Gasteiger partial charge in [-0.3, -0.25) is 4.79 Å². The molecule has 2 rings (SSSR count). The van der Waals surface area contributed by atoms with Crippen molar-refractivity contribution in [2.24, 2.45) is 0 Å². The summed E-state index contributed by atoms with van der Waals surface area (Å²) < 4.78 is 26.3. The van der Waals surface area contributed by atoms with Crippen LogP contribution in [0.15, 0.2) is 30.3 Å². The lowest BCUT2D eigenvalue weighted by Gasteiger charge is -2.17. The van der Waals surface area contributed by atoms with Gasteiger partial charge >= 0.3 is 0 Å². The van der Waals surface area contributed by atoms with Gasteiger partial charge in [-0.15, -0.1) is 0 Å². The van der Waals surface area contributed by atoms with Gasteiger partial charge in [0, 0.05) is 18.1 Å². The fraction of sp³-hybridized carbons (Fsp3) is 0.350. The number of hydrogen-bond donors (Lipinski definition) is 1. The molecule has 0 amide bonds. The molecule has 2 aromatic rings. The molecule has 0 radical (unpaired) electrons. The zero-order chi connectivity index (χ0) is 20.0. The van der Waals surface area contributed by atoms with E-state index in [0.29, 0.717) is 34.1 Å². The zero-order valence-electron chi connectivity index (χ0n) is 16.1. The molecule has 2 aromatic carbocycles. The highest BCUT2D eigenvalue weighted by molar-refractivity contribution is 6.00. The SMILES string of the molecule is COc1ccc(C(O)CC(=O)c2ccc(OC)c(OC)c2OC)c(OC)c1. The van der Waals surface area contributed by atoms with E-state index in [-0.39, 0.29) is 18.0 Å². The van der Waals surface area contributed by atoms with Crippen molar-refractivity contribution in [2.75, 3.05) is 35.5 Å². The highest BCUT2D eigenvalue weighted by Gasteiger charge is 2.24. The van der Waals surface area contributed by atoms with Crippen LogP contribution in [-0.4, -0.2) is 46.4 Å². The lowest BCUT2D eigenvalue weighted by Crippen LogP contribution is -2.10. The number of rotatable bonds is 9. The first-order valence-electron chi connectivity index (χ1n) is 8.22. The molecule has 0 saturated carbocycles. The Labute approximate surface area is 158 Å². The van der Waals surface area contributed by atoms with Crippen LogP contribution in [0.1, 0.15) is 28.4 Å². The summed E-state index contributed by atoms with van der Waals surface area (Å²) in [5, 5.41) is 10.6. The summed E-state index contributed by atoms with van der Waals surface area (Å²) in [5.74, 6) is 1.75. The molecule has 7 heteroatoms. The zero-order valence-corrected chi connectivity index (χ0v) is 16.1. The van der Waals surface area contributed by atoms with Gasteiger partial charge in [0.25, 0.3) is 0 Å². The number of aliphatic hydroxyl groups is 1. The van der Waals surface area contributed by atoms with Crippen LogP contribution in [0.4, 0.5) is 0 Å². The number of Topliss-reactive ketones (excluding diaryl/α,β-unsaturated/α-hetero) is 1. The molecule has 7 nitrogen and oxygen atoms in total. The van der Waals surface area contributed by atoms with Crippen LogP contribution in [0.2, 0.25) is 0 Å². The Bertz CT molecular complexity index is 801. The van der Waals surface area contributed by atoms with Crippen molar-refractivity contribution < 1.29 is 33.6 Å². The first-order chi connectivity index (χ1) is 13.0. The molecule has 0 aromatic heterocycles. The van der Waals surface area contributed by atoms with E-state index in [4.69, 9.17) is 23.7 Å². The lowest BCUT2D eigenvalue weighted by molar-refractivity contribution is 0.0873. The highest BCUT2D eigenvalue weighted by Crippen LogP contribution is 2.41. The van der Waals surface area contributed by atoms with Crippen LogP contribution in [0, 0.1) is 0 Å². The molecule has 0 aliphatic rings. The predicted molar refractivity (Wildman–Crippen MR) is 99.6 cm³/mol. The average molecular weight is 376 g/mol. The molecular weight excluding hydrogens is 352 g/mol. The Kier molecular flexibility index (Phi) is 6.90. The number of benzene rings is 2. The van der Waals surface area contributed by atoms with Gasteiger partial charge in [0.05, 0.1) is 47.2 Å². The van der Waals surface area contributed by atoms with Crippen molar-refractivity contribution in [2.45, 2.75) is 12.5 Å². The molecule has 1 unspecified atom stereocenters. The maximum absolute atomic E-state index is 12.8. The van der Waals surface area contributed by atoms with Crippen LogP contribution >= 0.6 is 0 Å². The average Bonchev–Trinajstić information content (AvgIpc) is 2.71. The van der Waals surface area contributed by atoms with Crippen LogP contribution < -0.4 is 23.7 Å². The molecule has 27 heavy (non-hydrogen) atoms. The number of ether oxygens (including phenoxy) is 5. The van der Waals surface area contributed by atoms with Crippen molar-refractivity contribution in [1.29, 1.82) is 0 Å². The van der Waals surface area contributed by atoms with E-state index in [0.717, 1.165) is 0 Å². The van der Waals surface area contributed by atoms with E-state index in [1.807, 2.05) is 0 Å². The van der Waals surface area contributed by atoms with E-state index < -0.39 is 6.10 Å². The van der Waals surface area contributed by atoms with Crippen molar-refractivity contribution in [1.82, 2.24) is 0 Å². The summed E-state index contributed by atoms with van der Waals surface area (Å²) in [4.78, 5) is 12.8. The van der Waals surface area contributed by atoms with Crippen molar-refractivity contribution in [3.05, 3.63) is 41.5 Å². The van der Waals surface area contributed by atoms with E-state index in [2.05, 4.69) is 0 Å². The maximum Gasteiger partial charge on any atom is 0.204 e. The molecule has 0 bridgehead atoms. The molecular formula is C20H24O7. The van der Waals surface area contributed by atoms with E-state index >= 15 is 0 Å². The Morgan fingerprint density at radius 2 is 1.52 bits per heavy atom. The van der Waals surface area contributed by atoms with Gasteiger partial charge < -0.3 is 28.8 Å². The minimum absolute atomic E-state index is 0.158. The first-order valence-corrected chi connectivity index (χ1v) is 8.22. The molecule has 0 saturated heterocycles. The third-order valence-corrected chi connectivity index (χ3v) is 4.18. The Morgan fingerprint density at radius 3 is 2.07 bits per heavy atom. The summed E-state index contributed by atoms with van der Waals surface area (Å²) >= 11 is 0. The predicted octanol–water partition coefficient (Wildman–Crippen LogP) is 3.04. The van der Waals surface area contributed by atoms with Crippen LogP contribution in [0.25, 0.3) is 0 Å². The molecule has 146 valence electrons. The summed E-state index contributed by atoms with van der Waals surface area (Å²) in [5.41, 5.74) is 0.785. The molecule has 0 aliphatic heterocycles. The van der Waals surface area contributed by atoms with E-state index in [1.165, 1.54) is 35.5 Å². The Hall–Kier alpha value is -2.93. The Morgan fingerprint density at radius 1 is 0.852 bits per heavy atom. The second-order valence-electron chi connectivity index (χ2n) is 5.63. The number of methoxy groups -OCH3 is 5. The van der Waals surface area contributed by atoms with Gasteiger partial charge in [-0.2, -0.15) is 0 Å². The van der Waals surface area contributed by atoms with Gasteiger partial charge in [-0.25, -0.2) is 0 Å². The molecule has 0 spiro atoms. The molecule has 0 aliphatic carbocycles. The standard InChI is InChI=1S/C20H24O7/c1-23-12-6-7-13(18(10-12)25-3)15(21)11-16(22)14-8-9-17(24-2)20(27-5)19(14)26-4/h6-10,15,21H,11H2,1-5H3. The van der Waals surface area contributed by atoms with Crippen LogP contribution in [-0.2, 0) is 0 Å². The second kappa shape index (κ2) is 9.14. The topological polar surface area (TPSA) is 83.5 Å². The third-order valence-electron chi connectivity index (χ3n) is 4.18. The van der Waals surface area contributed by atoms with Crippen molar-refractivity contribution in [3.8, 4) is 28.7 Å². The monoisotopic (exact) mass is 376 g/mol. The van der Waals surface area contributed by atoms with Gasteiger partial charge in [0.1, 0.15) is 11.5 Å². The summed E-state index contributed by atoms with van der Waals surface area (Å²) in [6, 6.07) is 8.22. The van der Waals surface area contributed by atoms with Crippen LogP contribution in [0.5, 0.6) is 28.7 Å². The molecule has 0 heterocycles. The summed E-state index contributed by atoms with van der Waals surface area (Å²) in [6.45, 7) is 0. The highest BCUT2D eigenvalue weighted by atomic mass is 16.5. The smallest absolute Gasteiger partial charge is 0.204 e. The number of hydrogen-bond acceptors (Lipinski definition) is 7. The van der Waals surface area contributed by atoms with E-state index in [9.17, 15) is 9.90 Å². The van der Waals surface area contributed by atoms with Crippen molar-refractivity contribution in [3.63, 3.8) is 0 Å². The number of ketones is 1. The minimum atomic E-state index is -1.06. The van der Waals surface area contributed by atoms with Crippen molar-refractivity contribution >= 4 is 5.78 Å². The van der Waals surface area contributed by atoms with Gasteiger partial charge in [-0.1, -0.05) is 0 Å². The lowest BCUT2D eigenvalue weighted by atomic mass is 9.98. The van der Waals surface area contributed by atoms with Gasteiger partial charge in [0.2, 0.25) is 5.75 Å². The number of carbonyl (C=O) groups is 1. The van der Waals surface area contributed by atoms with Gasteiger partial charge in [0.15, 0.2) is 17.3 Å². The Balaban J connectivity index is 2.32. The first kappa shape index (κ1) is 20.4. The summed E-state index contributed by atoms with van der Waals surface area (Å²) in [7, 11) is 7.43. The van der Waals surface area contributed by atoms with Crippen LogP contribution in [0.3, 0.4) is 0 Å². The third kappa shape index (κ3) is 4.25. The van der Waals surface area contributed by atoms with E-state index in [1.54, 1.807) is 30.3 Å². The second-order valence-corrected chi connectivity index (χ2v) is 5.63. The van der Waals surface area contributed by atoms with Gasteiger partial charge in [-0.05, 0) is 24.3 Å². The number of aliphatic hydroxyl groups excluding tert-OH is 1. The molecule has 0 fully saturated rings. The minimum Gasteiger partial charge on any atom is -0.497 e. The fourth-order valence-electron chi connectivity index (χ4n) is 2.81.